The molecule has 0 aliphatic heterocycles. The van der Waals surface area contributed by atoms with Crippen LogP contribution in [-0.2, 0) is 6.54 Å². The number of rotatable bonds is 3. The summed E-state index contributed by atoms with van der Waals surface area (Å²) in [4.78, 5) is 12.0. The summed E-state index contributed by atoms with van der Waals surface area (Å²) in [6.07, 6.45) is 0. The highest BCUT2D eigenvalue weighted by molar-refractivity contribution is 14.1. The van der Waals surface area contributed by atoms with E-state index in [4.69, 9.17) is 16.9 Å². The number of carbonyl (C=O) groups is 1. The Labute approximate surface area is 135 Å². The van der Waals surface area contributed by atoms with E-state index in [1.165, 1.54) is 0 Å². The van der Waals surface area contributed by atoms with Gasteiger partial charge in [0.2, 0.25) is 0 Å². The zero-order chi connectivity index (χ0) is 14.5. The van der Waals surface area contributed by atoms with Gasteiger partial charge in [0.05, 0.1) is 16.7 Å². The van der Waals surface area contributed by atoms with Gasteiger partial charge in [-0.1, -0.05) is 23.7 Å². The van der Waals surface area contributed by atoms with Crippen molar-refractivity contribution in [3.63, 3.8) is 0 Å². The second-order valence-corrected chi connectivity index (χ2v) is 5.69. The molecule has 0 unspecified atom stereocenters. The Bertz CT molecular complexity index is 677. The Morgan fingerprint density at radius 1 is 1.25 bits per heavy atom. The van der Waals surface area contributed by atoms with Gasteiger partial charge in [-0.3, -0.25) is 4.79 Å². The third-order valence-corrected chi connectivity index (χ3v) is 4.29. The number of carbonyl (C=O) groups excluding carboxylic acids is 1. The zero-order valence-electron chi connectivity index (χ0n) is 10.4. The monoisotopic (exact) mass is 396 g/mol. The topological polar surface area (TPSA) is 52.9 Å². The van der Waals surface area contributed by atoms with Crippen LogP contribution in [0.15, 0.2) is 42.5 Å². The van der Waals surface area contributed by atoms with Gasteiger partial charge >= 0.3 is 0 Å². The van der Waals surface area contributed by atoms with Crippen LogP contribution in [0.3, 0.4) is 0 Å². The first-order valence-electron chi connectivity index (χ1n) is 5.82. The van der Waals surface area contributed by atoms with E-state index in [0.29, 0.717) is 22.7 Å². The van der Waals surface area contributed by atoms with E-state index in [2.05, 4.69) is 34.0 Å². The number of hydrogen-bond donors (Lipinski definition) is 1. The summed E-state index contributed by atoms with van der Waals surface area (Å²) in [5.74, 6) is -0.173. The number of benzene rings is 2. The maximum Gasteiger partial charge on any atom is 0.251 e. The van der Waals surface area contributed by atoms with Gasteiger partial charge in [-0.05, 0) is 58.5 Å². The van der Waals surface area contributed by atoms with Crippen LogP contribution in [0.25, 0.3) is 0 Å². The molecule has 1 N–H and O–H groups in total. The number of halogens is 2. The van der Waals surface area contributed by atoms with Crippen molar-refractivity contribution >= 4 is 40.1 Å². The Hall–Kier alpha value is -1.58. The Morgan fingerprint density at radius 2 is 1.95 bits per heavy atom. The van der Waals surface area contributed by atoms with E-state index < -0.39 is 0 Å². The molecule has 0 bridgehead atoms. The molecule has 2 aromatic rings. The fourth-order valence-corrected chi connectivity index (χ4v) is 2.13. The molecule has 0 aromatic heterocycles. The van der Waals surface area contributed by atoms with Crippen molar-refractivity contribution < 1.29 is 4.79 Å². The lowest BCUT2D eigenvalue weighted by molar-refractivity contribution is 0.0951. The normalized spacial score (nSPS) is 9.85. The van der Waals surface area contributed by atoms with Gasteiger partial charge in [0.25, 0.3) is 5.91 Å². The van der Waals surface area contributed by atoms with Crippen LogP contribution in [-0.4, -0.2) is 5.91 Å². The number of nitrogens with zero attached hydrogens (tertiary/aromatic N) is 1. The van der Waals surface area contributed by atoms with Crippen molar-refractivity contribution in [2.45, 2.75) is 6.54 Å². The maximum atomic E-state index is 12.0. The molecule has 0 fully saturated rings. The molecule has 100 valence electrons. The Kier molecular flexibility index (Phi) is 4.99. The molecule has 0 heterocycles. The summed E-state index contributed by atoms with van der Waals surface area (Å²) in [7, 11) is 0. The van der Waals surface area contributed by atoms with Crippen molar-refractivity contribution in [1.82, 2.24) is 5.32 Å². The van der Waals surface area contributed by atoms with Gasteiger partial charge in [-0.2, -0.15) is 5.26 Å². The Balaban J connectivity index is 2.01. The largest absolute Gasteiger partial charge is 0.348 e. The molecule has 2 aromatic carbocycles. The van der Waals surface area contributed by atoms with E-state index in [-0.39, 0.29) is 5.91 Å². The fourth-order valence-electron chi connectivity index (χ4n) is 1.62. The molecule has 0 saturated carbocycles. The summed E-state index contributed by atoms with van der Waals surface area (Å²) >= 11 is 8.10. The predicted molar refractivity (Wildman–Crippen MR) is 86.5 cm³/mol. The van der Waals surface area contributed by atoms with Crippen molar-refractivity contribution in [2.75, 3.05) is 0 Å². The second kappa shape index (κ2) is 6.73. The standard InChI is InChI=1S/C15H10ClIN2O/c16-13-7-12(5-6-14(13)17)15(20)19-9-11-3-1-10(8-18)2-4-11/h1-7H,9H2,(H,19,20). The fraction of sp³-hybridized carbons (Fsp3) is 0.0667. The number of nitrogens with one attached hydrogen (secondary N) is 1. The lowest BCUT2D eigenvalue weighted by Crippen LogP contribution is -2.22. The first-order chi connectivity index (χ1) is 9.60. The number of amides is 1. The molecule has 20 heavy (non-hydrogen) atoms. The van der Waals surface area contributed by atoms with Crippen LogP contribution in [0.4, 0.5) is 0 Å². The van der Waals surface area contributed by atoms with E-state index in [0.717, 1.165) is 9.13 Å². The molecular weight excluding hydrogens is 387 g/mol. The van der Waals surface area contributed by atoms with E-state index >= 15 is 0 Å². The van der Waals surface area contributed by atoms with Crippen molar-refractivity contribution in [3.05, 3.63) is 67.7 Å². The zero-order valence-corrected chi connectivity index (χ0v) is 13.3. The van der Waals surface area contributed by atoms with Gasteiger partial charge < -0.3 is 5.32 Å². The second-order valence-electron chi connectivity index (χ2n) is 4.12. The van der Waals surface area contributed by atoms with Crippen LogP contribution in [0.1, 0.15) is 21.5 Å². The Morgan fingerprint density at radius 3 is 2.55 bits per heavy atom. The minimum Gasteiger partial charge on any atom is -0.348 e. The molecule has 0 spiro atoms. The third kappa shape index (κ3) is 3.71. The molecule has 3 nitrogen and oxygen atoms in total. The van der Waals surface area contributed by atoms with Crippen LogP contribution in [0.5, 0.6) is 0 Å². The summed E-state index contributed by atoms with van der Waals surface area (Å²) in [6.45, 7) is 0.411. The molecule has 0 aliphatic carbocycles. The first kappa shape index (κ1) is 14.8. The summed E-state index contributed by atoms with van der Waals surface area (Å²) in [6, 6.07) is 14.3. The SMILES string of the molecule is N#Cc1ccc(CNC(=O)c2ccc(I)c(Cl)c2)cc1. The highest BCUT2D eigenvalue weighted by Crippen LogP contribution is 2.19. The van der Waals surface area contributed by atoms with Crippen LogP contribution in [0, 0.1) is 14.9 Å². The molecular formula is C15H10ClIN2O. The van der Waals surface area contributed by atoms with E-state index in [9.17, 15) is 4.79 Å². The first-order valence-corrected chi connectivity index (χ1v) is 7.28. The highest BCUT2D eigenvalue weighted by Gasteiger charge is 2.07. The van der Waals surface area contributed by atoms with Crippen molar-refractivity contribution in [3.8, 4) is 6.07 Å². The van der Waals surface area contributed by atoms with Crippen molar-refractivity contribution in [1.29, 1.82) is 5.26 Å². The van der Waals surface area contributed by atoms with Crippen LogP contribution >= 0.6 is 34.2 Å². The van der Waals surface area contributed by atoms with Gasteiger partial charge in [0, 0.05) is 15.7 Å². The average molecular weight is 397 g/mol. The molecule has 5 heteroatoms. The van der Waals surface area contributed by atoms with Crippen molar-refractivity contribution in [2.24, 2.45) is 0 Å². The molecule has 0 saturated heterocycles. The summed E-state index contributed by atoms with van der Waals surface area (Å²) < 4.78 is 0.910. The lowest BCUT2D eigenvalue weighted by atomic mass is 10.1. The van der Waals surface area contributed by atoms with Gasteiger partial charge in [0.1, 0.15) is 0 Å². The molecule has 2 rings (SSSR count). The molecule has 0 aliphatic rings. The predicted octanol–water partition coefficient (Wildman–Crippen LogP) is 3.75. The molecule has 0 atom stereocenters. The highest BCUT2D eigenvalue weighted by atomic mass is 127. The molecule has 0 radical (unpaired) electrons. The smallest absolute Gasteiger partial charge is 0.251 e. The summed E-state index contributed by atoms with van der Waals surface area (Å²) in [5, 5.41) is 12.1. The maximum absolute atomic E-state index is 12.0. The minimum atomic E-state index is -0.173. The summed E-state index contributed by atoms with van der Waals surface area (Å²) in [5.41, 5.74) is 2.07. The van der Waals surface area contributed by atoms with Gasteiger partial charge in [-0.15, -0.1) is 0 Å². The molecule has 1 amide bonds. The lowest BCUT2D eigenvalue weighted by Gasteiger charge is -2.06. The number of hydrogen-bond acceptors (Lipinski definition) is 2. The average Bonchev–Trinajstić information content (AvgIpc) is 2.48. The van der Waals surface area contributed by atoms with Gasteiger partial charge in [0.15, 0.2) is 0 Å². The number of nitriles is 1. The van der Waals surface area contributed by atoms with Crippen LogP contribution < -0.4 is 5.32 Å². The quantitative estimate of drug-likeness (QED) is 0.804. The van der Waals surface area contributed by atoms with Crippen LogP contribution in [0.2, 0.25) is 5.02 Å². The van der Waals surface area contributed by atoms with E-state index in [1.54, 1.807) is 30.3 Å². The minimum absolute atomic E-state index is 0.173. The van der Waals surface area contributed by atoms with E-state index in [1.807, 2.05) is 12.1 Å². The third-order valence-electron chi connectivity index (χ3n) is 2.72. The van der Waals surface area contributed by atoms with Gasteiger partial charge in [-0.25, -0.2) is 0 Å².